The Balaban J connectivity index is 1.26. The fourth-order valence-electron chi connectivity index (χ4n) is 4.70. The van der Waals surface area contributed by atoms with Crippen molar-refractivity contribution >= 4 is 10.9 Å². The second-order valence-corrected chi connectivity index (χ2v) is 8.73. The van der Waals surface area contributed by atoms with Gasteiger partial charge in [-0.25, -0.2) is 0 Å². The molecule has 1 aliphatic rings. The number of unbranched alkanes of at least 4 members (excludes halogenated alkanes) is 2. The number of benzene rings is 2. The maximum atomic E-state index is 5.91. The molecule has 30 heavy (non-hydrogen) atoms. The summed E-state index contributed by atoms with van der Waals surface area (Å²) in [6, 6.07) is 17.5. The number of nitrogens with one attached hydrogen (secondary N) is 1. The number of aromatic amines is 1. The minimum Gasteiger partial charge on any atom is -0.494 e. The van der Waals surface area contributed by atoms with E-state index < -0.39 is 0 Å². The van der Waals surface area contributed by atoms with E-state index >= 15 is 0 Å². The number of fused-ring (bicyclic) bond motifs is 1. The van der Waals surface area contributed by atoms with Gasteiger partial charge in [-0.3, -0.25) is 0 Å². The van der Waals surface area contributed by atoms with Crippen molar-refractivity contribution in [2.24, 2.45) is 0 Å². The number of aryl methyl sites for hydroxylation is 1. The van der Waals surface area contributed by atoms with Gasteiger partial charge < -0.3 is 14.6 Å². The Morgan fingerprint density at radius 1 is 1.07 bits per heavy atom. The summed E-state index contributed by atoms with van der Waals surface area (Å²) in [7, 11) is 0. The highest BCUT2D eigenvalue weighted by Gasteiger charge is 2.20. The van der Waals surface area contributed by atoms with Gasteiger partial charge in [-0.2, -0.15) is 0 Å². The van der Waals surface area contributed by atoms with Gasteiger partial charge in [0.1, 0.15) is 5.75 Å². The fraction of sp³-hybridized carbons (Fsp3) is 0.481. The first kappa shape index (κ1) is 21.0. The number of rotatable bonds is 10. The van der Waals surface area contributed by atoms with Crippen LogP contribution in [0.1, 0.15) is 62.5 Å². The molecule has 3 aromatic rings. The van der Waals surface area contributed by atoms with Gasteiger partial charge in [0.25, 0.3) is 0 Å². The molecule has 160 valence electrons. The van der Waals surface area contributed by atoms with E-state index in [0.29, 0.717) is 5.92 Å². The van der Waals surface area contributed by atoms with Crippen molar-refractivity contribution < 1.29 is 4.74 Å². The number of H-pyrrole nitrogens is 1. The Hall–Kier alpha value is -2.26. The topological polar surface area (TPSA) is 28.3 Å². The third kappa shape index (κ3) is 5.46. The molecular formula is C27H36N2O. The zero-order chi connectivity index (χ0) is 20.6. The molecule has 0 aliphatic carbocycles. The molecule has 1 N–H and O–H groups in total. The van der Waals surface area contributed by atoms with E-state index in [1.165, 1.54) is 73.8 Å². The molecule has 1 saturated heterocycles. The normalized spacial score (nSPS) is 17.4. The van der Waals surface area contributed by atoms with E-state index in [1.54, 1.807) is 0 Å². The standard InChI is InChI=1S/C27H36N2O/c1-2-3-18-30-25-14-15-27-26(19-25)23(20-28-27)12-7-8-16-29-17-9-13-24(21-29)22-10-5-4-6-11-22/h4-6,10-11,14-15,19-20,24,28H,2-3,7-9,12-13,16-18,21H2,1H3. The van der Waals surface area contributed by atoms with Crippen molar-refractivity contribution in [1.82, 2.24) is 9.88 Å². The van der Waals surface area contributed by atoms with Gasteiger partial charge in [0.05, 0.1) is 6.61 Å². The lowest BCUT2D eigenvalue weighted by atomic mass is 9.90. The molecule has 0 saturated carbocycles. The molecule has 3 nitrogen and oxygen atoms in total. The molecule has 2 aromatic carbocycles. The Morgan fingerprint density at radius 2 is 1.97 bits per heavy atom. The third-order valence-electron chi connectivity index (χ3n) is 6.45. The molecule has 4 rings (SSSR count). The number of nitrogens with zero attached hydrogens (tertiary/aromatic N) is 1. The monoisotopic (exact) mass is 404 g/mol. The van der Waals surface area contributed by atoms with Crippen LogP contribution in [0.5, 0.6) is 5.75 Å². The molecule has 1 atom stereocenters. The number of piperidine rings is 1. The van der Waals surface area contributed by atoms with E-state index in [9.17, 15) is 0 Å². The van der Waals surface area contributed by atoms with E-state index in [2.05, 4.69) is 71.5 Å². The van der Waals surface area contributed by atoms with Crippen molar-refractivity contribution in [3.63, 3.8) is 0 Å². The summed E-state index contributed by atoms with van der Waals surface area (Å²) in [6.45, 7) is 6.70. The highest BCUT2D eigenvalue weighted by atomic mass is 16.5. The Labute approximate surface area is 181 Å². The number of hydrogen-bond acceptors (Lipinski definition) is 2. The van der Waals surface area contributed by atoms with E-state index in [4.69, 9.17) is 4.74 Å². The summed E-state index contributed by atoms with van der Waals surface area (Å²) in [4.78, 5) is 6.11. The number of hydrogen-bond donors (Lipinski definition) is 1. The second kappa shape index (κ2) is 10.7. The summed E-state index contributed by atoms with van der Waals surface area (Å²) in [5.41, 5.74) is 4.15. The van der Waals surface area contributed by atoms with Crippen molar-refractivity contribution in [3.8, 4) is 5.75 Å². The van der Waals surface area contributed by atoms with Gasteiger partial charge in [-0.15, -0.1) is 0 Å². The highest BCUT2D eigenvalue weighted by Crippen LogP contribution is 2.28. The van der Waals surface area contributed by atoms with Crippen LogP contribution in [0.15, 0.2) is 54.7 Å². The van der Waals surface area contributed by atoms with Crippen LogP contribution >= 0.6 is 0 Å². The lowest BCUT2D eigenvalue weighted by Gasteiger charge is -2.33. The molecule has 1 unspecified atom stereocenters. The summed E-state index contributed by atoms with van der Waals surface area (Å²) in [6.07, 6.45) is 10.8. The molecule has 3 heteroatoms. The third-order valence-corrected chi connectivity index (χ3v) is 6.45. The lowest BCUT2D eigenvalue weighted by molar-refractivity contribution is 0.204. The molecule has 1 fully saturated rings. The van der Waals surface area contributed by atoms with E-state index in [0.717, 1.165) is 25.2 Å². The fourth-order valence-corrected chi connectivity index (χ4v) is 4.70. The minimum absolute atomic E-state index is 0.708. The highest BCUT2D eigenvalue weighted by molar-refractivity contribution is 5.84. The summed E-state index contributed by atoms with van der Waals surface area (Å²) < 4.78 is 5.91. The predicted molar refractivity (Wildman–Crippen MR) is 126 cm³/mol. The smallest absolute Gasteiger partial charge is 0.120 e. The summed E-state index contributed by atoms with van der Waals surface area (Å²) >= 11 is 0. The van der Waals surface area contributed by atoms with Gasteiger partial charge in [0.15, 0.2) is 0 Å². The Bertz CT molecular complexity index is 902. The lowest BCUT2D eigenvalue weighted by Crippen LogP contribution is -2.35. The van der Waals surface area contributed by atoms with Crippen molar-refractivity contribution in [2.75, 3.05) is 26.2 Å². The van der Waals surface area contributed by atoms with Crippen molar-refractivity contribution in [2.45, 2.75) is 57.8 Å². The first-order valence-electron chi connectivity index (χ1n) is 11.8. The van der Waals surface area contributed by atoms with E-state index in [1.807, 2.05) is 0 Å². The van der Waals surface area contributed by atoms with E-state index in [-0.39, 0.29) is 0 Å². The van der Waals surface area contributed by atoms with Crippen LogP contribution < -0.4 is 4.74 Å². The van der Waals surface area contributed by atoms with Crippen LogP contribution in [0.2, 0.25) is 0 Å². The summed E-state index contributed by atoms with van der Waals surface area (Å²) in [5.74, 6) is 1.71. The molecule has 0 bridgehead atoms. The minimum atomic E-state index is 0.708. The van der Waals surface area contributed by atoms with Gasteiger partial charge in [-0.1, -0.05) is 43.7 Å². The van der Waals surface area contributed by atoms with Crippen LogP contribution in [0.4, 0.5) is 0 Å². The second-order valence-electron chi connectivity index (χ2n) is 8.73. The van der Waals surface area contributed by atoms with Crippen LogP contribution in [0.25, 0.3) is 10.9 Å². The molecule has 0 amide bonds. The molecule has 1 aliphatic heterocycles. The molecule has 0 spiro atoms. The quantitative estimate of drug-likeness (QED) is 0.388. The first-order chi connectivity index (χ1) is 14.8. The Kier molecular flexibility index (Phi) is 7.47. The SMILES string of the molecule is CCCCOc1ccc2[nH]cc(CCCCN3CCCC(c4ccccc4)C3)c2c1. The van der Waals surface area contributed by atoms with Gasteiger partial charge >= 0.3 is 0 Å². The van der Waals surface area contributed by atoms with Crippen LogP contribution in [0.3, 0.4) is 0 Å². The zero-order valence-electron chi connectivity index (χ0n) is 18.4. The number of ether oxygens (including phenoxy) is 1. The van der Waals surface area contributed by atoms with Crippen LogP contribution in [0, 0.1) is 0 Å². The zero-order valence-corrected chi connectivity index (χ0v) is 18.4. The number of likely N-dealkylation sites (tertiary alicyclic amines) is 1. The summed E-state index contributed by atoms with van der Waals surface area (Å²) in [5, 5.41) is 1.33. The van der Waals surface area contributed by atoms with Gasteiger partial charge in [-0.05, 0) is 86.9 Å². The first-order valence-corrected chi connectivity index (χ1v) is 11.8. The maximum absolute atomic E-state index is 5.91. The largest absolute Gasteiger partial charge is 0.494 e. The number of aromatic nitrogens is 1. The van der Waals surface area contributed by atoms with Gasteiger partial charge in [0.2, 0.25) is 0 Å². The predicted octanol–water partition coefficient (Wildman–Crippen LogP) is 6.55. The maximum Gasteiger partial charge on any atom is 0.120 e. The molecule has 1 aromatic heterocycles. The average molecular weight is 405 g/mol. The molecular weight excluding hydrogens is 368 g/mol. The average Bonchev–Trinajstić information content (AvgIpc) is 3.20. The Morgan fingerprint density at radius 3 is 2.83 bits per heavy atom. The van der Waals surface area contributed by atoms with Crippen molar-refractivity contribution in [1.29, 1.82) is 0 Å². The van der Waals surface area contributed by atoms with Crippen LogP contribution in [-0.2, 0) is 6.42 Å². The molecule has 2 heterocycles. The molecule has 0 radical (unpaired) electrons. The van der Waals surface area contributed by atoms with Crippen LogP contribution in [-0.4, -0.2) is 36.1 Å². The van der Waals surface area contributed by atoms with Gasteiger partial charge in [0, 0.05) is 23.6 Å². The van der Waals surface area contributed by atoms with Crippen molar-refractivity contribution in [3.05, 3.63) is 65.9 Å².